The van der Waals surface area contributed by atoms with Crippen LogP contribution in [0.25, 0.3) is 0 Å². The number of carbonyl (C=O) groups is 1. The van der Waals surface area contributed by atoms with Gasteiger partial charge in [0.1, 0.15) is 0 Å². The van der Waals surface area contributed by atoms with Crippen molar-refractivity contribution in [3.8, 4) is 0 Å². The van der Waals surface area contributed by atoms with Crippen LogP contribution in [0.3, 0.4) is 0 Å². The van der Waals surface area contributed by atoms with Crippen LogP contribution in [0.4, 0.5) is 0 Å². The van der Waals surface area contributed by atoms with Gasteiger partial charge in [-0.15, -0.1) is 0 Å². The van der Waals surface area contributed by atoms with Gasteiger partial charge in [-0.2, -0.15) is 5.10 Å². The maximum atomic E-state index is 11.3. The van der Waals surface area contributed by atoms with Gasteiger partial charge in [-0.1, -0.05) is 6.42 Å². The highest BCUT2D eigenvalue weighted by Gasteiger charge is 2.51. The van der Waals surface area contributed by atoms with Gasteiger partial charge in [0.25, 0.3) is 0 Å². The Labute approximate surface area is 87.7 Å². The molecule has 1 aromatic heterocycles. The van der Waals surface area contributed by atoms with Crippen LogP contribution in [-0.4, -0.2) is 27.8 Å². The first-order valence-electron chi connectivity index (χ1n) is 5.13. The van der Waals surface area contributed by atoms with Crippen LogP contribution in [0.15, 0.2) is 12.3 Å². The van der Waals surface area contributed by atoms with Crippen molar-refractivity contribution in [3.05, 3.63) is 18.0 Å². The number of aromatic nitrogens is 2. The summed E-state index contributed by atoms with van der Waals surface area (Å²) >= 11 is 0. The van der Waals surface area contributed by atoms with Crippen molar-refractivity contribution in [1.82, 2.24) is 10.2 Å². The first-order valence-corrected chi connectivity index (χ1v) is 5.13. The largest absolute Gasteiger partial charge is 0.481 e. The van der Waals surface area contributed by atoms with Crippen molar-refractivity contribution in [1.29, 1.82) is 0 Å². The Kier molecular flexibility index (Phi) is 2.48. The van der Waals surface area contributed by atoms with Crippen molar-refractivity contribution in [3.63, 3.8) is 0 Å². The predicted molar refractivity (Wildman–Crippen MR) is 54.3 cm³/mol. The highest BCUT2D eigenvalue weighted by atomic mass is 16.4. The second-order valence-corrected chi connectivity index (χ2v) is 4.12. The average Bonchev–Trinajstić information content (AvgIpc) is 2.62. The summed E-state index contributed by atoms with van der Waals surface area (Å²) in [6, 6.07) is 1.81. The van der Waals surface area contributed by atoms with Crippen LogP contribution in [0.1, 0.15) is 30.9 Å². The minimum atomic E-state index is -0.737. The summed E-state index contributed by atoms with van der Waals surface area (Å²) in [4.78, 5) is 11.3. The zero-order chi connectivity index (χ0) is 10.9. The van der Waals surface area contributed by atoms with Gasteiger partial charge in [0.2, 0.25) is 0 Å². The highest BCUT2D eigenvalue weighted by Crippen LogP contribution is 2.50. The molecule has 2 rings (SSSR count). The lowest BCUT2D eigenvalue weighted by atomic mass is 9.60. The standard InChI is InChI=1S/C10H15N3O2/c11-6-7(8-2-5-12-13-8)10(9(14)15)3-1-4-10/h2,5,7H,1,3-4,6,11H2,(H,12,13)(H,14,15)/t7-/m1/s1. The van der Waals surface area contributed by atoms with Crippen molar-refractivity contribution in [2.45, 2.75) is 25.2 Å². The molecule has 0 spiro atoms. The third-order valence-electron chi connectivity index (χ3n) is 3.47. The van der Waals surface area contributed by atoms with Crippen LogP contribution in [0.2, 0.25) is 0 Å². The molecule has 0 aromatic carbocycles. The molecule has 5 nitrogen and oxygen atoms in total. The van der Waals surface area contributed by atoms with Gasteiger partial charge in [0.05, 0.1) is 5.41 Å². The van der Waals surface area contributed by atoms with E-state index in [4.69, 9.17) is 5.73 Å². The highest BCUT2D eigenvalue weighted by molar-refractivity contribution is 5.77. The Morgan fingerprint density at radius 3 is 2.80 bits per heavy atom. The van der Waals surface area contributed by atoms with Gasteiger partial charge in [0.15, 0.2) is 0 Å². The third-order valence-corrected chi connectivity index (χ3v) is 3.47. The molecule has 1 heterocycles. The van der Waals surface area contributed by atoms with Crippen LogP contribution in [0.5, 0.6) is 0 Å². The summed E-state index contributed by atoms with van der Waals surface area (Å²) in [6.07, 6.45) is 4.02. The molecule has 1 fully saturated rings. The third kappa shape index (κ3) is 1.43. The molecule has 0 saturated heterocycles. The van der Waals surface area contributed by atoms with E-state index < -0.39 is 11.4 Å². The fourth-order valence-corrected chi connectivity index (χ4v) is 2.38. The number of carboxylic acids is 1. The van der Waals surface area contributed by atoms with Crippen LogP contribution < -0.4 is 5.73 Å². The first kappa shape index (κ1) is 10.2. The normalized spacial score (nSPS) is 20.6. The van der Waals surface area contributed by atoms with Crippen molar-refractivity contribution in [2.24, 2.45) is 11.1 Å². The number of hydrogen-bond acceptors (Lipinski definition) is 3. The molecule has 0 unspecified atom stereocenters. The van der Waals surface area contributed by atoms with Gasteiger partial charge in [-0.05, 0) is 18.9 Å². The van der Waals surface area contributed by atoms with E-state index in [0.717, 1.165) is 12.1 Å². The van der Waals surface area contributed by atoms with E-state index in [1.54, 1.807) is 12.3 Å². The van der Waals surface area contributed by atoms with Crippen molar-refractivity contribution < 1.29 is 9.90 Å². The van der Waals surface area contributed by atoms with Crippen LogP contribution in [0, 0.1) is 5.41 Å². The molecular weight excluding hydrogens is 194 g/mol. The summed E-state index contributed by atoms with van der Waals surface area (Å²) in [5.74, 6) is -0.884. The molecule has 4 N–H and O–H groups in total. The first-order chi connectivity index (χ1) is 7.20. The Balaban J connectivity index is 2.29. The average molecular weight is 209 g/mol. The van der Waals surface area contributed by atoms with Gasteiger partial charge >= 0.3 is 5.97 Å². The Morgan fingerprint density at radius 1 is 1.73 bits per heavy atom. The van der Waals surface area contributed by atoms with Crippen molar-refractivity contribution >= 4 is 5.97 Å². The molecule has 82 valence electrons. The lowest BCUT2D eigenvalue weighted by molar-refractivity contribution is -0.156. The molecule has 15 heavy (non-hydrogen) atoms. The summed E-state index contributed by atoms with van der Waals surface area (Å²) in [6.45, 7) is 0.342. The SMILES string of the molecule is NC[C@H](c1ccn[nH]1)C1(C(=O)O)CCC1. The second kappa shape index (κ2) is 3.66. The van der Waals surface area contributed by atoms with E-state index in [2.05, 4.69) is 10.2 Å². The number of aliphatic carboxylic acids is 1. The maximum absolute atomic E-state index is 11.3. The smallest absolute Gasteiger partial charge is 0.310 e. The molecule has 1 aliphatic carbocycles. The van der Waals surface area contributed by atoms with E-state index in [1.807, 2.05) is 0 Å². The Morgan fingerprint density at radius 2 is 2.47 bits per heavy atom. The Hall–Kier alpha value is -1.36. The minimum absolute atomic E-state index is 0.147. The molecule has 0 radical (unpaired) electrons. The molecule has 1 atom stereocenters. The molecular formula is C10H15N3O2. The molecule has 1 aromatic rings. The van der Waals surface area contributed by atoms with E-state index in [1.165, 1.54) is 0 Å². The molecule has 0 bridgehead atoms. The van der Waals surface area contributed by atoms with Crippen LogP contribution in [-0.2, 0) is 4.79 Å². The van der Waals surface area contributed by atoms with E-state index in [-0.39, 0.29) is 5.92 Å². The number of hydrogen-bond donors (Lipinski definition) is 3. The fourth-order valence-electron chi connectivity index (χ4n) is 2.38. The fraction of sp³-hybridized carbons (Fsp3) is 0.600. The quantitative estimate of drug-likeness (QED) is 0.680. The maximum Gasteiger partial charge on any atom is 0.310 e. The van der Waals surface area contributed by atoms with Gasteiger partial charge in [0, 0.05) is 24.4 Å². The Bertz CT molecular complexity index is 344. The number of aromatic amines is 1. The monoisotopic (exact) mass is 209 g/mol. The summed E-state index contributed by atoms with van der Waals surface area (Å²) in [5, 5.41) is 16.0. The van der Waals surface area contributed by atoms with Crippen LogP contribution >= 0.6 is 0 Å². The summed E-state index contributed by atoms with van der Waals surface area (Å²) in [7, 11) is 0. The number of nitrogens with one attached hydrogen (secondary N) is 1. The molecule has 0 amide bonds. The number of nitrogens with zero attached hydrogens (tertiary/aromatic N) is 1. The topological polar surface area (TPSA) is 92.0 Å². The number of nitrogens with two attached hydrogens (primary N) is 1. The zero-order valence-electron chi connectivity index (χ0n) is 8.44. The second-order valence-electron chi connectivity index (χ2n) is 4.12. The number of rotatable bonds is 4. The molecule has 1 aliphatic rings. The van der Waals surface area contributed by atoms with E-state index in [0.29, 0.717) is 19.4 Å². The molecule has 1 saturated carbocycles. The summed E-state index contributed by atoms with van der Waals surface area (Å²) in [5.41, 5.74) is 5.85. The molecule has 5 heteroatoms. The lowest BCUT2D eigenvalue weighted by Gasteiger charge is -2.43. The van der Waals surface area contributed by atoms with Gasteiger partial charge in [-0.25, -0.2) is 0 Å². The van der Waals surface area contributed by atoms with Gasteiger partial charge in [-0.3, -0.25) is 9.89 Å². The van der Waals surface area contributed by atoms with Crippen molar-refractivity contribution in [2.75, 3.05) is 6.54 Å². The van der Waals surface area contributed by atoms with E-state index >= 15 is 0 Å². The number of carboxylic acid groups (broad SMARTS) is 1. The zero-order valence-corrected chi connectivity index (χ0v) is 8.44. The predicted octanol–water partition coefficient (Wildman–Crippen LogP) is 0.707. The molecule has 0 aliphatic heterocycles. The van der Waals surface area contributed by atoms with E-state index in [9.17, 15) is 9.90 Å². The van der Waals surface area contributed by atoms with Gasteiger partial charge < -0.3 is 10.8 Å². The summed E-state index contributed by atoms with van der Waals surface area (Å²) < 4.78 is 0. The minimum Gasteiger partial charge on any atom is -0.481 e. The lowest BCUT2D eigenvalue weighted by Crippen LogP contribution is -2.46. The number of H-pyrrole nitrogens is 1.